The highest BCUT2D eigenvalue weighted by atomic mass is 16.6. The second-order valence-electron chi connectivity index (χ2n) is 17.4. The zero-order chi connectivity index (χ0) is 48.6. The first-order chi connectivity index (χ1) is 33.0. The molecule has 0 fully saturated rings. The van der Waals surface area contributed by atoms with E-state index < -0.39 is 12.1 Å². The largest absolute Gasteiger partial charge is 0.462 e. The van der Waals surface area contributed by atoms with Crippen LogP contribution in [0.15, 0.2) is 122 Å². The van der Waals surface area contributed by atoms with Gasteiger partial charge in [-0.2, -0.15) is 0 Å². The lowest BCUT2D eigenvalue weighted by Crippen LogP contribution is -2.30. The SMILES string of the molecule is CC/C=C\C/C=C\C/C=C\C/C=C\C/C=C\CC(=O)OC(COC(=O)CCCCCCC/C=C\CCCCCC)COC(=O)CCCCCCCCCC/C=C\C/C=C\C/C=C\C/C=C\CC. The first-order valence-electron chi connectivity index (χ1n) is 27.0. The van der Waals surface area contributed by atoms with E-state index in [1.54, 1.807) is 6.08 Å². The van der Waals surface area contributed by atoms with Crippen LogP contribution in [0.1, 0.15) is 226 Å². The van der Waals surface area contributed by atoms with Gasteiger partial charge in [0, 0.05) is 12.8 Å². The van der Waals surface area contributed by atoms with Crippen LogP contribution < -0.4 is 0 Å². The molecule has 0 radical (unpaired) electrons. The predicted octanol–water partition coefficient (Wildman–Crippen LogP) is 18.1. The number of allylic oxidation sites excluding steroid dienone is 19. The zero-order valence-corrected chi connectivity index (χ0v) is 43.1. The van der Waals surface area contributed by atoms with Gasteiger partial charge < -0.3 is 14.2 Å². The lowest BCUT2D eigenvalue weighted by atomic mass is 10.1. The van der Waals surface area contributed by atoms with E-state index >= 15 is 0 Å². The minimum Gasteiger partial charge on any atom is -0.462 e. The number of rotatable bonds is 47. The van der Waals surface area contributed by atoms with Gasteiger partial charge in [-0.05, 0) is 109 Å². The van der Waals surface area contributed by atoms with E-state index in [4.69, 9.17) is 14.2 Å². The third kappa shape index (κ3) is 52.6. The predicted molar refractivity (Wildman–Crippen MR) is 288 cm³/mol. The van der Waals surface area contributed by atoms with Crippen molar-refractivity contribution < 1.29 is 28.6 Å². The minimum atomic E-state index is -0.842. The molecule has 6 heteroatoms. The number of ether oxygens (including phenoxy) is 3. The molecule has 0 aliphatic heterocycles. The van der Waals surface area contributed by atoms with E-state index in [9.17, 15) is 14.4 Å². The van der Waals surface area contributed by atoms with Gasteiger partial charge >= 0.3 is 17.9 Å². The van der Waals surface area contributed by atoms with Crippen molar-refractivity contribution in [2.45, 2.75) is 232 Å². The molecule has 0 aromatic rings. The molecule has 0 heterocycles. The molecule has 0 aromatic heterocycles. The van der Waals surface area contributed by atoms with Gasteiger partial charge in [0.25, 0.3) is 0 Å². The summed E-state index contributed by atoms with van der Waals surface area (Å²) in [7, 11) is 0. The normalized spacial score (nSPS) is 13.1. The molecule has 1 atom stereocenters. The fraction of sp³-hybridized carbons (Fsp3) is 0.623. The van der Waals surface area contributed by atoms with Crippen LogP contribution in [-0.2, 0) is 28.6 Å². The third-order valence-corrected chi connectivity index (χ3v) is 11.0. The van der Waals surface area contributed by atoms with Crippen LogP contribution in [0.4, 0.5) is 0 Å². The highest BCUT2D eigenvalue weighted by Gasteiger charge is 2.19. The summed E-state index contributed by atoms with van der Waals surface area (Å²) in [5.41, 5.74) is 0. The Kier molecular flexibility index (Phi) is 51.0. The maximum absolute atomic E-state index is 12.8. The van der Waals surface area contributed by atoms with Crippen LogP contribution in [-0.4, -0.2) is 37.2 Å². The van der Waals surface area contributed by atoms with Crippen molar-refractivity contribution in [1.82, 2.24) is 0 Å². The lowest BCUT2D eigenvalue weighted by Gasteiger charge is -2.18. The van der Waals surface area contributed by atoms with Gasteiger partial charge in [-0.1, -0.05) is 219 Å². The van der Waals surface area contributed by atoms with Gasteiger partial charge in [-0.3, -0.25) is 14.4 Å². The van der Waals surface area contributed by atoms with Crippen molar-refractivity contribution in [1.29, 1.82) is 0 Å². The maximum atomic E-state index is 12.8. The molecule has 0 aromatic carbocycles. The summed E-state index contributed by atoms with van der Waals surface area (Å²) in [6.45, 7) is 6.29. The molecular weight excluding hydrogens is 829 g/mol. The molecule has 0 N–H and O–H groups in total. The Balaban J connectivity index is 4.49. The first kappa shape index (κ1) is 62.8. The number of hydrogen-bond acceptors (Lipinski definition) is 6. The number of esters is 3. The summed E-state index contributed by atoms with van der Waals surface area (Å²) in [4.78, 5) is 38.0. The topological polar surface area (TPSA) is 78.9 Å². The average Bonchev–Trinajstić information content (AvgIpc) is 3.33. The number of carbonyl (C=O) groups is 3. The van der Waals surface area contributed by atoms with Crippen molar-refractivity contribution in [3.05, 3.63) is 122 Å². The Morgan fingerprint density at radius 3 is 1.00 bits per heavy atom. The first-order valence-corrected chi connectivity index (χ1v) is 27.0. The molecule has 0 saturated heterocycles. The summed E-state index contributed by atoms with van der Waals surface area (Å²) in [5, 5.41) is 0. The van der Waals surface area contributed by atoms with Crippen LogP contribution >= 0.6 is 0 Å². The average molecular weight is 927 g/mol. The van der Waals surface area contributed by atoms with Gasteiger partial charge in [0.1, 0.15) is 13.2 Å². The molecule has 378 valence electrons. The monoisotopic (exact) mass is 927 g/mol. The summed E-state index contributed by atoms with van der Waals surface area (Å²) in [6.07, 6.45) is 74.9. The Hall–Kier alpha value is -4.19. The van der Waals surface area contributed by atoms with E-state index in [0.717, 1.165) is 109 Å². The van der Waals surface area contributed by atoms with Crippen LogP contribution in [0.5, 0.6) is 0 Å². The van der Waals surface area contributed by atoms with E-state index in [2.05, 4.69) is 130 Å². The Morgan fingerprint density at radius 2 is 0.627 bits per heavy atom. The van der Waals surface area contributed by atoms with E-state index in [-0.39, 0.29) is 31.6 Å². The second kappa shape index (κ2) is 54.4. The molecule has 0 aliphatic rings. The molecule has 0 saturated carbocycles. The van der Waals surface area contributed by atoms with Gasteiger partial charge in [0.2, 0.25) is 0 Å². The van der Waals surface area contributed by atoms with Crippen LogP contribution in [0, 0.1) is 0 Å². The number of hydrogen-bond donors (Lipinski definition) is 0. The van der Waals surface area contributed by atoms with Crippen LogP contribution in [0.25, 0.3) is 0 Å². The smallest absolute Gasteiger partial charge is 0.310 e. The van der Waals surface area contributed by atoms with Crippen molar-refractivity contribution in [2.75, 3.05) is 13.2 Å². The molecule has 0 amide bonds. The van der Waals surface area contributed by atoms with Gasteiger partial charge in [-0.15, -0.1) is 0 Å². The van der Waals surface area contributed by atoms with E-state index in [1.807, 2.05) is 6.08 Å². The van der Waals surface area contributed by atoms with E-state index in [0.29, 0.717) is 19.3 Å². The Labute approximate surface area is 412 Å². The van der Waals surface area contributed by atoms with Crippen LogP contribution in [0.3, 0.4) is 0 Å². The highest BCUT2D eigenvalue weighted by Crippen LogP contribution is 2.13. The molecule has 67 heavy (non-hydrogen) atoms. The molecule has 0 spiro atoms. The van der Waals surface area contributed by atoms with Gasteiger partial charge in [0.15, 0.2) is 6.10 Å². The molecule has 0 rings (SSSR count). The fourth-order valence-electron chi connectivity index (χ4n) is 6.97. The summed E-state index contributed by atoms with van der Waals surface area (Å²) in [6, 6.07) is 0. The van der Waals surface area contributed by atoms with Crippen LogP contribution in [0.2, 0.25) is 0 Å². The molecular formula is C61H98O6. The highest BCUT2D eigenvalue weighted by molar-refractivity contribution is 5.72. The summed E-state index contributed by atoms with van der Waals surface area (Å²) < 4.78 is 16.7. The molecule has 1 unspecified atom stereocenters. The standard InChI is InChI=1S/C61H98O6/c1-4-7-10-13-16-19-22-25-27-28-29-30-31-32-34-36-39-42-45-48-51-54-60(63)66-57-58(56-65-59(62)53-50-47-44-41-38-35-24-21-18-15-12-9-6-3)67-61(64)55-52-49-46-43-40-37-33-26-23-20-17-14-11-8-5-2/h7-8,10-11,16-17,19-21,24-27,29-30,33,40,43,49,52,58H,4-6,9,12-15,18,22-23,28,31-32,34-39,41-42,44-48,50-51,53-57H2,1-3H3/b10-7-,11-8-,19-16-,20-17-,24-21-,27-25-,30-29-,33-26-,43-40-,52-49-. The minimum absolute atomic E-state index is 0.0892. The third-order valence-electron chi connectivity index (χ3n) is 11.0. The fourth-order valence-corrected chi connectivity index (χ4v) is 6.97. The van der Waals surface area contributed by atoms with Crippen molar-refractivity contribution in [3.8, 4) is 0 Å². The zero-order valence-electron chi connectivity index (χ0n) is 43.1. The molecule has 6 nitrogen and oxygen atoms in total. The summed E-state index contributed by atoms with van der Waals surface area (Å²) >= 11 is 0. The lowest BCUT2D eigenvalue weighted by molar-refractivity contribution is -0.166. The maximum Gasteiger partial charge on any atom is 0.310 e. The molecule has 0 bridgehead atoms. The summed E-state index contributed by atoms with van der Waals surface area (Å²) in [5.74, 6) is -1.08. The number of unbranched alkanes of at least 4 members (excludes halogenated alkanes) is 17. The number of carbonyl (C=O) groups excluding carboxylic acids is 3. The van der Waals surface area contributed by atoms with E-state index in [1.165, 1.54) is 70.6 Å². The van der Waals surface area contributed by atoms with Crippen molar-refractivity contribution in [3.63, 3.8) is 0 Å². The van der Waals surface area contributed by atoms with Gasteiger partial charge in [0.05, 0.1) is 6.42 Å². The Bertz CT molecular complexity index is 1440. The Morgan fingerprint density at radius 1 is 0.328 bits per heavy atom. The van der Waals surface area contributed by atoms with Crippen molar-refractivity contribution in [2.24, 2.45) is 0 Å². The van der Waals surface area contributed by atoms with Crippen molar-refractivity contribution >= 4 is 17.9 Å². The second-order valence-corrected chi connectivity index (χ2v) is 17.4. The van der Waals surface area contributed by atoms with Gasteiger partial charge in [-0.25, -0.2) is 0 Å². The quantitative estimate of drug-likeness (QED) is 0.0262. The molecule has 0 aliphatic carbocycles.